The number of methoxy groups -OCH3 is 1. The lowest BCUT2D eigenvalue weighted by atomic mass is 10.1. The van der Waals surface area contributed by atoms with Crippen LogP contribution in [-0.2, 0) is 26.2 Å². The topological polar surface area (TPSA) is 139 Å². The van der Waals surface area contributed by atoms with E-state index in [1.807, 2.05) is 6.92 Å². The zero-order valence-corrected chi connectivity index (χ0v) is 25.3. The molecule has 0 aliphatic carbocycles. The molecule has 3 aromatic rings. The van der Waals surface area contributed by atoms with Crippen molar-refractivity contribution in [2.24, 2.45) is 0 Å². The van der Waals surface area contributed by atoms with Gasteiger partial charge in [0.05, 0.1) is 22.6 Å². The molecule has 43 heavy (non-hydrogen) atoms. The molecule has 0 saturated carbocycles. The number of aryl methyl sites for hydroxylation is 1. The Kier molecular flexibility index (Phi) is 11.2. The van der Waals surface area contributed by atoms with E-state index in [1.54, 1.807) is 6.92 Å². The standard InChI is InChI=1S/C30H35FN4O7S/c1-5-17-32-30(37)27(6-2)33(19-22-8-10-23(31)11-9-22)29(36)20-34(24-12-14-25(42-4)15-13-24)43(40,41)26-16-7-21(3)28(18-26)35(38)39/h7-16,18,27H,5-6,17,19-20H2,1-4H3,(H,32,37). The van der Waals surface area contributed by atoms with Crippen LogP contribution in [0.15, 0.2) is 71.6 Å². The molecule has 3 aromatic carbocycles. The van der Waals surface area contributed by atoms with Crippen LogP contribution >= 0.6 is 0 Å². The second-order valence-corrected chi connectivity index (χ2v) is 11.6. The summed E-state index contributed by atoms with van der Waals surface area (Å²) in [4.78, 5) is 39.0. The number of nitrogens with one attached hydrogen (secondary N) is 1. The van der Waals surface area contributed by atoms with Gasteiger partial charge in [0, 0.05) is 24.7 Å². The van der Waals surface area contributed by atoms with E-state index in [1.165, 1.54) is 79.6 Å². The molecule has 1 atom stereocenters. The van der Waals surface area contributed by atoms with E-state index in [2.05, 4.69) is 5.32 Å². The summed E-state index contributed by atoms with van der Waals surface area (Å²) in [6.45, 7) is 4.66. The van der Waals surface area contributed by atoms with Crippen molar-refractivity contribution in [3.8, 4) is 5.75 Å². The second-order valence-electron chi connectivity index (χ2n) is 9.78. The summed E-state index contributed by atoms with van der Waals surface area (Å²) in [5.74, 6) is -1.15. The van der Waals surface area contributed by atoms with Gasteiger partial charge in [-0.1, -0.05) is 32.0 Å². The molecular weight excluding hydrogens is 579 g/mol. The maximum Gasteiger partial charge on any atom is 0.273 e. The summed E-state index contributed by atoms with van der Waals surface area (Å²) < 4.78 is 47.7. The first-order chi connectivity index (χ1) is 20.4. The smallest absolute Gasteiger partial charge is 0.273 e. The number of rotatable bonds is 14. The van der Waals surface area contributed by atoms with Crippen molar-refractivity contribution in [2.45, 2.75) is 51.1 Å². The number of anilines is 1. The van der Waals surface area contributed by atoms with E-state index in [-0.39, 0.29) is 29.1 Å². The quantitative estimate of drug-likeness (QED) is 0.207. The predicted molar refractivity (Wildman–Crippen MR) is 160 cm³/mol. The Morgan fingerprint density at radius 3 is 2.26 bits per heavy atom. The lowest BCUT2D eigenvalue weighted by Gasteiger charge is -2.33. The Hall–Kier alpha value is -4.52. The van der Waals surface area contributed by atoms with E-state index in [0.29, 0.717) is 24.3 Å². The van der Waals surface area contributed by atoms with Gasteiger partial charge in [0.1, 0.15) is 24.2 Å². The monoisotopic (exact) mass is 614 g/mol. The Morgan fingerprint density at radius 2 is 1.70 bits per heavy atom. The fraction of sp³-hybridized carbons (Fsp3) is 0.333. The van der Waals surface area contributed by atoms with Crippen LogP contribution in [0.5, 0.6) is 5.75 Å². The zero-order valence-electron chi connectivity index (χ0n) is 24.4. The van der Waals surface area contributed by atoms with Gasteiger partial charge in [0.2, 0.25) is 11.8 Å². The highest BCUT2D eigenvalue weighted by atomic mass is 32.2. The highest BCUT2D eigenvalue weighted by Crippen LogP contribution is 2.29. The molecule has 0 aromatic heterocycles. The first-order valence-corrected chi connectivity index (χ1v) is 15.1. The number of hydrogen-bond donors (Lipinski definition) is 1. The molecule has 0 aliphatic rings. The number of benzene rings is 3. The number of carbonyl (C=O) groups is 2. The molecule has 0 spiro atoms. The fourth-order valence-corrected chi connectivity index (χ4v) is 5.86. The van der Waals surface area contributed by atoms with E-state index < -0.39 is 50.9 Å². The zero-order chi connectivity index (χ0) is 31.7. The maximum atomic E-state index is 14.0. The highest BCUT2D eigenvalue weighted by Gasteiger charge is 2.34. The van der Waals surface area contributed by atoms with Gasteiger partial charge in [-0.25, -0.2) is 12.8 Å². The van der Waals surface area contributed by atoms with Crippen LogP contribution in [0.3, 0.4) is 0 Å². The van der Waals surface area contributed by atoms with Crippen LogP contribution in [0.2, 0.25) is 0 Å². The van der Waals surface area contributed by atoms with Crippen molar-refractivity contribution < 1.29 is 32.1 Å². The van der Waals surface area contributed by atoms with Crippen LogP contribution in [-0.4, -0.2) is 56.3 Å². The number of carbonyl (C=O) groups excluding carboxylic acids is 2. The summed E-state index contributed by atoms with van der Waals surface area (Å²) in [7, 11) is -3.09. The molecule has 0 heterocycles. The van der Waals surface area contributed by atoms with Gasteiger partial charge in [-0.15, -0.1) is 0 Å². The number of amides is 2. The van der Waals surface area contributed by atoms with Crippen LogP contribution in [0, 0.1) is 22.9 Å². The minimum atomic E-state index is -4.53. The number of nitro groups is 1. The van der Waals surface area contributed by atoms with Crippen LogP contribution in [0.4, 0.5) is 15.8 Å². The molecule has 230 valence electrons. The van der Waals surface area contributed by atoms with Gasteiger partial charge >= 0.3 is 0 Å². The van der Waals surface area contributed by atoms with Gasteiger partial charge in [-0.2, -0.15) is 0 Å². The van der Waals surface area contributed by atoms with E-state index in [9.17, 15) is 32.5 Å². The Labute approximate surface area is 250 Å². The molecule has 3 rings (SSSR count). The lowest BCUT2D eigenvalue weighted by molar-refractivity contribution is -0.385. The normalized spacial score (nSPS) is 11.8. The van der Waals surface area contributed by atoms with E-state index >= 15 is 0 Å². The Bertz CT molecular complexity index is 1550. The summed E-state index contributed by atoms with van der Waals surface area (Å²) >= 11 is 0. The summed E-state index contributed by atoms with van der Waals surface area (Å²) in [6, 6.07) is 13.9. The number of nitrogens with zero attached hydrogens (tertiary/aromatic N) is 3. The minimum Gasteiger partial charge on any atom is -0.497 e. The molecule has 13 heteroatoms. The molecule has 0 fully saturated rings. The molecule has 1 unspecified atom stereocenters. The third kappa shape index (κ3) is 8.07. The predicted octanol–water partition coefficient (Wildman–Crippen LogP) is 4.58. The fourth-order valence-electron chi connectivity index (χ4n) is 4.42. The molecule has 1 N–H and O–H groups in total. The highest BCUT2D eigenvalue weighted by molar-refractivity contribution is 7.92. The van der Waals surface area contributed by atoms with Crippen LogP contribution in [0.1, 0.15) is 37.8 Å². The van der Waals surface area contributed by atoms with E-state index in [4.69, 9.17) is 4.74 Å². The Morgan fingerprint density at radius 1 is 1.05 bits per heavy atom. The maximum absolute atomic E-state index is 14.0. The van der Waals surface area contributed by atoms with Gasteiger partial charge in [-0.05, 0) is 67.8 Å². The number of nitro benzene ring substituents is 1. The van der Waals surface area contributed by atoms with Crippen molar-refractivity contribution in [3.63, 3.8) is 0 Å². The third-order valence-corrected chi connectivity index (χ3v) is 8.58. The minimum absolute atomic E-state index is 0.0936. The van der Waals surface area contributed by atoms with Crippen LogP contribution in [0.25, 0.3) is 0 Å². The molecule has 2 amide bonds. The van der Waals surface area contributed by atoms with E-state index in [0.717, 1.165) is 10.4 Å². The molecule has 0 aliphatic heterocycles. The Balaban J connectivity index is 2.11. The summed E-state index contributed by atoms with van der Waals surface area (Å²) in [6.07, 6.45) is 0.891. The van der Waals surface area contributed by atoms with Gasteiger partial charge in [-0.3, -0.25) is 24.0 Å². The first kappa shape index (κ1) is 33.0. The average molecular weight is 615 g/mol. The third-order valence-electron chi connectivity index (χ3n) is 6.81. The molecule has 0 bridgehead atoms. The van der Waals surface area contributed by atoms with Gasteiger partial charge in [0.15, 0.2) is 0 Å². The average Bonchev–Trinajstić information content (AvgIpc) is 2.99. The van der Waals surface area contributed by atoms with Crippen molar-refractivity contribution in [2.75, 3.05) is 24.5 Å². The van der Waals surface area contributed by atoms with Crippen LogP contribution < -0.4 is 14.4 Å². The largest absolute Gasteiger partial charge is 0.497 e. The number of ether oxygens (including phenoxy) is 1. The second kappa shape index (κ2) is 14.6. The molecule has 11 nitrogen and oxygen atoms in total. The van der Waals surface area contributed by atoms with Crippen molar-refractivity contribution >= 4 is 33.2 Å². The summed E-state index contributed by atoms with van der Waals surface area (Å²) in [5.41, 5.74) is 0.510. The molecule has 0 radical (unpaired) electrons. The first-order valence-electron chi connectivity index (χ1n) is 13.7. The van der Waals surface area contributed by atoms with Crippen molar-refractivity contribution in [1.82, 2.24) is 10.2 Å². The molecule has 0 saturated heterocycles. The van der Waals surface area contributed by atoms with Gasteiger partial charge < -0.3 is 15.0 Å². The summed E-state index contributed by atoms with van der Waals surface area (Å²) in [5, 5.41) is 14.4. The molecular formula is C30H35FN4O7S. The van der Waals surface area contributed by atoms with Crippen molar-refractivity contribution in [1.29, 1.82) is 0 Å². The van der Waals surface area contributed by atoms with Crippen molar-refractivity contribution in [3.05, 3.63) is 93.8 Å². The number of sulfonamides is 1. The van der Waals surface area contributed by atoms with Gasteiger partial charge in [0.25, 0.3) is 15.7 Å². The number of halogens is 1. The lowest BCUT2D eigenvalue weighted by Crippen LogP contribution is -2.52. The number of hydrogen-bond acceptors (Lipinski definition) is 7. The SMILES string of the molecule is CCCNC(=O)C(CC)N(Cc1ccc(F)cc1)C(=O)CN(c1ccc(OC)cc1)S(=O)(=O)c1ccc(C)c([N+](=O)[O-])c1.